The first-order chi connectivity index (χ1) is 6.63. The van der Waals surface area contributed by atoms with E-state index in [0.717, 1.165) is 0 Å². The van der Waals surface area contributed by atoms with Crippen molar-refractivity contribution in [3.05, 3.63) is 0 Å². The highest BCUT2D eigenvalue weighted by Crippen LogP contribution is 2.39. The predicted octanol–water partition coefficient (Wildman–Crippen LogP) is -0.528. The van der Waals surface area contributed by atoms with Gasteiger partial charge in [-0.2, -0.15) is 0 Å². The van der Waals surface area contributed by atoms with Gasteiger partial charge in [-0.3, -0.25) is 9.59 Å². The second kappa shape index (κ2) is 3.24. The normalized spacial score (nSPS) is 40.6. The molecule has 0 aromatic heterocycles. The number of hydrogen-bond acceptors (Lipinski definition) is 5. The lowest BCUT2D eigenvalue weighted by Crippen LogP contribution is -2.38. The van der Waals surface area contributed by atoms with Gasteiger partial charge in [0, 0.05) is 6.42 Å². The van der Waals surface area contributed by atoms with E-state index < -0.39 is 30.0 Å². The van der Waals surface area contributed by atoms with E-state index in [9.17, 15) is 14.7 Å². The maximum absolute atomic E-state index is 11.3. The number of fused-ring (bicyclic) bond motifs is 2. The molecule has 2 fully saturated rings. The first-order valence-electron chi connectivity index (χ1n) is 4.60. The van der Waals surface area contributed by atoms with Crippen LogP contribution in [0.15, 0.2) is 0 Å². The maximum Gasteiger partial charge on any atom is 0.310 e. The fourth-order valence-corrected chi connectivity index (χ4v) is 2.18. The van der Waals surface area contributed by atoms with Crippen LogP contribution in [0.3, 0.4) is 0 Å². The molecular weight excluding hydrogens is 188 g/mol. The van der Waals surface area contributed by atoms with Crippen LogP contribution in [-0.4, -0.2) is 36.4 Å². The zero-order valence-corrected chi connectivity index (χ0v) is 7.80. The minimum Gasteiger partial charge on any atom is -0.469 e. The lowest BCUT2D eigenvalue weighted by molar-refractivity contribution is -0.153. The van der Waals surface area contributed by atoms with Gasteiger partial charge in [-0.15, -0.1) is 0 Å². The van der Waals surface area contributed by atoms with Gasteiger partial charge in [-0.05, 0) is 6.42 Å². The van der Waals surface area contributed by atoms with Gasteiger partial charge in [-0.1, -0.05) is 0 Å². The average Bonchev–Trinajstić information content (AvgIpc) is 2.50. The summed E-state index contributed by atoms with van der Waals surface area (Å²) in [5.74, 6) is -1.79. The third kappa shape index (κ3) is 1.28. The topological polar surface area (TPSA) is 72.8 Å². The highest BCUT2D eigenvalue weighted by Gasteiger charge is 2.51. The largest absolute Gasteiger partial charge is 0.469 e. The summed E-state index contributed by atoms with van der Waals surface area (Å²) in [4.78, 5) is 22.6. The van der Waals surface area contributed by atoms with Gasteiger partial charge in [0.05, 0.1) is 25.0 Å². The Balaban J connectivity index is 2.18. The Labute approximate surface area is 81.0 Å². The van der Waals surface area contributed by atoms with Crippen molar-refractivity contribution in [1.29, 1.82) is 0 Å². The molecule has 2 aliphatic rings. The van der Waals surface area contributed by atoms with Crippen molar-refractivity contribution in [2.75, 3.05) is 7.11 Å². The lowest BCUT2D eigenvalue weighted by atomic mass is 9.78. The summed E-state index contributed by atoms with van der Waals surface area (Å²) in [7, 11) is 1.28. The quantitative estimate of drug-likeness (QED) is 0.576. The van der Waals surface area contributed by atoms with Gasteiger partial charge >= 0.3 is 11.9 Å². The number of rotatable bonds is 1. The summed E-state index contributed by atoms with van der Waals surface area (Å²) in [6, 6.07) is 0. The zero-order valence-electron chi connectivity index (χ0n) is 7.80. The SMILES string of the molecule is COC(=O)[C@H]1C[C@H](O)[C@@H]2C[C@H]1C(=O)O2. The van der Waals surface area contributed by atoms with Gasteiger partial charge < -0.3 is 14.6 Å². The maximum atomic E-state index is 11.3. The van der Waals surface area contributed by atoms with Crippen molar-refractivity contribution < 1.29 is 24.2 Å². The highest BCUT2D eigenvalue weighted by atomic mass is 16.6. The molecule has 1 aliphatic heterocycles. The van der Waals surface area contributed by atoms with E-state index in [0.29, 0.717) is 6.42 Å². The molecule has 0 aromatic carbocycles. The van der Waals surface area contributed by atoms with Crippen molar-refractivity contribution in [3.63, 3.8) is 0 Å². The van der Waals surface area contributed by atoms with Crippen LogP contribution in [0, 0.1) is 11.8 Å². The molecule has 1 heterocycles. The third-order valence-electron chi connectivity index (χ3n) is 2.97. The van der Waals surface area contributed by atoms with E-state index in [1.54, 1.807) is 0 Å². The molecule has 2 rings (SSSR count). The van der Waals surface area contributed by atoms with Crippen LogP contribution in [0.25, 0.3) is 0 Å². The molecule has 0 radical (unpaired) electrons. The lowest BCUT2D eigenvalue weighted by Gasteiger charge is -2.26. The van der Waals surface area contributed by atoms with E-state index in [1.807, 2.05) is 0 Å². The first kappa shape index (κ1) is 9.45. The summed E-state index contributed by atoms with van der Waals surface area (Å²) >= 11 is 0. The Bertz CT molecular complexity index is 274. The third-order valence-corrected chi connectivity index (χ3v) is 2.97. The fraction of sp³-hybridized carbons (Fsp3) is 0.778. The molecule has 1 N–H and O–H groups in total. The van der Waals surface area contributed by atoms with Crippen LogP contribution in [-0.2, 0) is 19.1 Å². The van der Waals surface area contributed by atoms with E-state index in [1.165, 1.54) is 7.11 Å². The van der Waals surface area contributed by atoms with Crippen LogP contribution >= 0.6 is 0 Å². The molecule has 0 amide bonds. The van der Waals surface area contributed by atoms with E-state index in [4.69, 9.17) is 4.74 Å². The molecule has 5 nitrogen and oxygen atoms in total. The van der Waals surface area contributed by atoms with Crippen LogP contribution < -0.4 is 0 Å². The molecule has 0 aromatic rings. The minimum absolute atomic E-state index is 0.258. The monoisotopic (exact) mass is 200 g/mol. The molecule has 4 atom stereocenters. The van der Waals surface area contributed by atoms with Gasteiger partial charge in [0.15, 0.2) is 0 Å². The summed E-state index contributed by atoms with van der Waals surface area (Å²) in [5, 5.41) is 9.54. The Hall–Kier alpha value is -1.10. The second-order valence-electron chi connectivity index (χ2n) is 3.75. The number of hydrogen-bond donors (Lipinski definition) is 1. The van der Waals surface area contributed by atoms with Crippen LogP contribution in [0.4, 0.5) is 0 Å². The van der Waals surface area contributed by atoms with E-state index in [2.05, 4.69) is 4.74 Å². The molecule has 14 heavy (non-hydrogen) atoms. The zero-order chi connectivity index (χ0) is 10.3. The smallest absolute Gasteiger partial charge is 0.310 e. The molecule has 0 unspecified atom stereocenters. The standard InChI is InChI=1S/C9H12O5/c1-13-8(11)4-2-6(10)7-3-5(4)9(12)14-7/h4-7,10H,2-3H2,1H3/t4-,5+,6-,7-/m0/s1. The first-order valence-corrected chi connectivity index (χ1v) is 4.60. The van der Waals surface area contributed by atoms with Crippen LogP contribution in [0.5, 0.6) is 0 Å². The highest BCUT2D eigenvalue weighted by molar-refractivity contribution is 5.84. The summed E-state index contributed by atoms with van der Waals surface area (Å²) < 4.78 is 9.50. The Morgan fingerprint density at radius 1 is 1.57 bits per heavy atom. The number of carbonyl (C=O) groups excluding carboxylic acids is 2. The van der Waals surface area contributed by atoms with Crippen molar-refractivity contribution in [1.82, 2.24) is 0 Å². The predicted molar refractivity (Wildman–Crippen MR) is 44.1 cm³/mol. The molecule has 0 spiro atoms. The van der Waals surface area contributed by atoms with Crippen molar-refractivity contribution in [2.45, 2.75) is 25.0 Å². The number of methoxy groups -OCH3 is 1. The average molecular weight is 200 g/mol. The van der Waals surface area contributed by atoms with Gasteiger partial charge in [0.1, 0.15) is 6.10 Å². The van der Waals surface area contributed by atoms with E-state index in [-0.39, 0.29) is 12.4 Å². The Morgan fingerprint density at radius 2 is 2.29 bits per heavy atom. The van der Waals surface area contributed by atoms with Gasteiger partial charge in [0.2, 0.25) is 0 Å². The minimum atomic E-state index is -0.734. The van der Waals surface area contributed by atoms with Gasteiger partial charge in [0.25, 0.3) is 0 Å². The van der Waals surface area contributed by atoms with Crippen molar-refractivity contribution in [3.8, 4) is 0 Å². The molecule has 1 saturated carbocycles. The Kier molecular flexibility index (Phi) is 2.19. The molecular formula is C9H12O5. The number of aliphatic hydroxyl groups is 1. The molecule has 78 valence electrons. The summed E-state index contributed by atoms with van der Waals surface area (Å²) in [6.07, 6.45) is -0.469. The fourth-order valence-electron chi connectivity index (χ4n) is 2.18. The molecule has 1 saturated heterocycles. The molecule has 5 heteroatoms. The summed E-state index contributed by atoms with van der Waals surface area (Å²) in [6.45, 7) is 0. The van der Waals surface area contributed by atoms with Crippen LogP contribution in [0.1, 0.15) is 12.8 Å². The number of esters is 2. The number of carbonyl (C=O) groups is 2. The van der Waals surface area contributed by atoms with Crippen LogP contribution in [0.2, 0.25) is 0 Å². The van der Waals surface area contributed by atoms with Crippen molar-refractivity contribution >= 4 is 11.9 Å². The Morgan fingerprint density at radius 3 is 2.93 bits per heavy atom. The second-order valence-corrected chi connectivity index (χ2v) is 3.75. The number of aliphatic hydroxyl groups excluding tert-OH is 1. The van der Waals surface area contributed by atoms with Gasteiger partial charge in [-0.25, -0.2) is 0 Å². The van der Waals surface area contributed by atoms with Crippen molar-refractivity contribution in [2.24, 2.45) is 11.8 Å². The summed E-state index contributed by atoms with van der Waals surface area (Å²) in [5.41, 5.74) is 0. The number of ether oxygens (including phenoxy) is 2. The molecule has 1 aliphatic carbocycles. The molecule has 2 bridgehead atoms. The van der Waals surface area contributed by atoms with E-state index >= 15 is 0 Å².